The minimum Gasteiger partial charge on any atom is -0.467 e. The molecule has 2 rings (SSSR count). The molecule has 0 spiro atoms. The van der Waals surface area contributed by atoms with Crippen LogP contribution in [0.15, 0.2) is 47.5 Å². The van der Waals surface area contributed by atoms with Gasteiger partial charge in [-0.2, -0.15) is 12.6 Å². The Hall–Kier alpha value is -2.08. The van der Waals surface area contributed by atoms with Crippen LogP contribution < -0.4 is 0 Å². The van der Waals surface area contributed by atoms with Crippen molar-refractivity contribution in [2.24, 2.45) is 4.99 Å². The number of carbonyl (C=O) groups is 2. The first-order valence-electron chi connectivity index (χ1n) is 7.93. The van der Waals surface area contributed by atoms with E-state index >= 15 is 0 Å². The minimum absolute atomic E-state index is 0.0289. The van der Waals surface area contributed by atoms with Crippen molar-refractivity contribution in [1.29, 1.82) is 0 Å². The van der Waals surface area contributed by atoms with Crippen molar-refractivity contribution in [1.82, 2.24) is 4.90 Å². The van der Waals surface area contributed by atoms with Gasteiger partial charge in [0.2, 0.25) is 5.91 Å². The Morgan fingerprint density at radius 1 is 1.33 bits per heavy atom. The van der Waals surface area contributed by atoms with Crippen LogP contribution in [0.3, 0.4) is 0 Å². The van der Waals surface area contributed by atoms with Gasteiger partial charge in [0.1, 0.15) is 5.84 Å². The summed E-state index contributed by atoms with van der Waals surface area (Å²) in [4.78, 5) is 30.6. The third kappa shape index (κ3) is 4.96. The van der Waals surface area contributed by atoms with Crippen LogP contribution >= 0.6 is 12.6 Å². The van der Waals surface area contributed by atoms with E-state index in [1.165, 1.54) is 7.11 Å². The third-order valence-electron chi connectivity index (χ3n) is 3.73. The molecule has 1 aromatic carbocycles. The molecule has 128 valence electrons. The molecule has 6 heteroatoms. The fourth-order valence-corrected chi connectivity index (χ4v) is 2.73. The number of amides is 1. The molecule has 0 aliphatic carbocycles. The maximum Gasteiger partial charge on any atom is 0.330 e. The van der Waals surface area contributed by atoms with Crippen molar-refractivity contribution in [3.63, 3.8) is 0 Å². The molecule has 1 atom stereocenters. The second-order valence-corrected chi connectivity index (χ2v) is 5.88. The Labute approximate surface area is 147 Å². The zero-order valence-corrected chi connectivity index (χ0v) is 14.6. The van der Waals surface area contributed by atoms with Crippen LogP contribution in [-0.2, 0) is 20.7 Å². The van der Waals surface area contributed by atoms with E-state index in [2.05, 4.69) is 17.6 Å². The standard InChI is InChI=1S/C18H22N2O3S/c1-23-18(22)15(10-12-24)19-16-9-5-6-11-20(16)17(21)13-14-7-3-2-4-8-14/h2-5,7-9,15,24H,6,10-13H2,1H3/t15-/m0/s1. The minimum atomic E-state index is -0.641. The van der Waals surface area contributed by atoms with Gasteiger partial charge in [0, 0.05) is 6.54 Å². The lowest BCUT2D eigenvalue weighted by Crippen LogP contribution is -2.40. The van der Waals surface area contributed by atoms with E-state index in [9.17, 15) is 9.59 Å². The van der Waals surface area contributed by atoms with Crippen molar-refractivity contribution in [3.8, 4) is 0 Å². The van der Waals surface area contributed by atoms with Gasteiger partial charge in [0.25, 0.3) is 0 Å². The summed E-state index contributed by atoms with van der Waals surface area (Å²) >= 11 is 4.16. The number of carbonyl (C=O) groups excluding carboxylic acids is 2. The summed E-state index contributed by atoms with van der Waals surface area (Å²) in [6.07, 6.45) is 5.30. The van der Waals surface area contributed by atoms with Crippen LogP contribution in [0, 0.1) is 0 Å². The van der Waals surface area contributed by atoms with Crippen molar-refractivity contribution in [2.45, 2.75) is 25.3 Å². The average molecular weight is 346 g/mol. The molecule has 24 heavy (non-hydrogen) atoms. The first-order chi connectivity index (χ1) is 11.7. The third-order valence-corrected chi connectivity index (χ3v) is 3.98. The molecule has 0 aromatic heterocycles. The lowest BCUT2D eigenvalue weighted by Gasteiger charge is -2.26. The van der Waals surface area contributed by atoms with Crippen LogP contribution in [0.2, 0.25) is 0 Å². The monoisotopic (exact) mass is 346 g/mol. The van der Waals surface area contributed by atoms with Gasteiger partial charge in [-0.1, -0.05) is 36.4 Å². The number of aliphatic imine (C=N–C) groups is 1. The van der Waals surface area contributed by atoms with Gasteiger partial charge in [-0.25, -0.2) is 4.79 Å². The summed E-state index contributed by atoms with van der Waals surface area (Å²) in [5.41, 5.74) is 0.955. The van der Waals surface area contributed by atoms with E-state index in [0.717, 1.165) is 12.0 Å². The number of thiol groups is 1. The highest BCUT2D eigenvalue weighted by atomic mass is 32.1. The lowest BCUT2D eigenvalue weighted by molar-refractivity contribution is -0.142. The smallest absolute Gasteiger partial charge is 0.330 e. The first kappa shape index (κ1) is 18.3. The van der Waals surface area contributed by atoms with Crippen molar-refractivity contribution >= 4 is 30.3 Å². The molecule has 0 fully saturated rings. The van der Waals surface area contributed by atoms with Gasteiger partial charge < -0.3 is 4.74 Å². The number of rotatable bonds is 6. The maximum atomic E-state index is 12.6. The van der Waals surface area contributed by atoms with Crippen LogP contribution in [0.4, 0.5) is 0 Å². The molecule has 1 amide bonds. The maximum absolute atomic E-state index is 12.6. The van der Waals surface area contributed by atoms with Crippen molar-refractivity contribution in [2.75, 3.05) is 19.4 Å². The average Bonchev–Trinajstić information content (AvgIpc) is 2.62. The van der Waals surface area contributed by atoms with Crippen molar-refractivity contribution in [3.05, 3.63) is 48.0 Å². The molecule has 0 radical (unpaired) electrons. The number of ether oxygens (including phenoxy) is 1. The zero-order chi connectivity index (χ0) is 17.4. The Kier molecular flexibility index (Phi) is 7.06. The Balaban J connectivity index is 2.18. The molecular formula is C18H22N2O3S. The second kappa shape index (κ2) is 9.27. The molecule has 0 saturated heterocycles. The quantitative estimate of drug-likeness (QED) is 0.635. The van der Waals surface area contributed by atoms with Crippen LogP contribution in [-0.4, -0.2) is 48.1 Å². The summed E-state index contributed by atoms with van der Waals surface area (Å²) in [5.74, 6) is 0.585. The zero-order valence-electron chi connectivity index (χ0n) is 13.7. The summed E-state index contributed by atoms with van der Waals surface area (Å²) in [6.45, 7) is 0.565. The number of methoxy groups -OCH3 is 1. The van der Waals surface area contributed by atoms with E-state index in [4.69, 9.17) is 4.74 Å². The summed E-state index contributed by atoms with van der Waals surface area (Å²) in [5, 5.41) is 0. The summed E-state index contributed by atoms with van der Waals surface area (Å²) in [7, 11) is 1.34. The molecule has 5 nitrogen and oxygen atoms in total. The molecule has 0 saturated carbocycles. The highest BCUT2D eigenvalue weighted by molar-refractivity contribution is 7.80. The van der Waals surface area contributed by atoms with E-state index < -0.39 is 12.0 Å². The van der Waals surface area contributed by atoms with E-state index in [1.807, 2.05) is 36.4 Å². The molecule has 0 N–H and O–H groups in total. The van der Waals surface area contributed by atoms with Crippen LogP contribution in [0.25, 0.3) is 0 Å². The predicted molar refractivity (Wildman–Crippen MR) is 97.3 cm³/mol. The molecule has 1 heterocycles. The molecule has 1 aliphatic heterocycles. The molecule has 0 bridgehead atoms. The highest BCUT2D eigenvalue weighted by Gasteiger charge is 2.24. The van der Waals surface area contributed by atoms with Gasteiger partial charge in [-0.15, -0.1) is 0 Å². The number of benzene rings is 1. The summed E-state index contributed by atoms with van der Waals surface area (Å²) < 4.78 is 4.79. The molecule has 1 aromatic rings. The van der Waals surface area contributed by atoms with Gasteiger partial charge in [0.15, 0.2) is 6.04 Å². The van der Waals surface area contributed by atoms with E-state index in [0.29, 0.717) is 31.0 Å². The van der Waals surface area contributed by atoms with Crippen LogP contribution in [0.5, 0.6) is 0 Å². The summed E-state index contributed by atoms with van der Waals surface area (Å²) in [6, 6.07) is 8.95. The fraction of sp³-hybridized carbons (Fsp3) is 0.389. The lowest BCUT2D eigenvalue weighted by atomic mass is 10.1. The number of hydrogen-bond acceptors (Lipinski definition) is 5. The second-order valence-electron chi connectivity index (χ2n) is 5.44. The number of amidine groups is 1. The van der Waals surface area contributed by atoms with E-state index in [1.54, 1.807) is 11.0 Å². The normalized spacial score (nSPS) is 16.9. The molecular weight excluding hydrogens is 324 g/mol. The van der Waals surface area contributed by atoms with Crippen molar-refractivity contribution < 1.29 is 14.3 Å². The first-order valence-corrected chi connectivity index (χ1v) is 8.56. The SMILES string of the molecule is COC(=O)[C@H](CCS)N=C1C=CCCN1C(=O)Cc1ccccc1. The van der Waals surface area contributed by atoms with Gasteiger partial charge in [-0.3, -0.25) is 14.7 Å². The topological polar surface area (TPSA) is 59.0 Å². The van der Waals surface area contributed by atoms with Crippen LogP contribution in [0.1, 0.15) is 18.4 Å². The number of esters is 1. The highest BCUT2D eigenvalue weighted by Crippen LogP contribution is 2.12. The van der Waals surface area contributed by atoms with Gasteiger partial charge in [-0.05, 0) is 30.2 Å². The molecule has 0 unspecified atom stereocenters. The van der Waals surface area contributed by atoms with Gasteiger partial charge in [0.05, 0.1) is 13.5 Å². The Morgan fingerprint density at radius 2 is 2.08 bits per heavy atom. The largest absolute Gasteiger partial charge is 0.467 e. The Morgan fingerprint density at radius 3 is 2.75 bits per heavy atom. The molecule has 1 aliphatic rings. The van der Waals surface area contributed by atoms with Gasteiger partial charge >= 0.3 is 5.97 Å². The Bertz CT molecular complexity index is 628. The number of nitrogens with zero attached hydrogens (tertiary/aromatic N) is 2. The van der Waals surface area contributed by atoms with E-state index in [-0.39, 0.29) is 5.91 Å². The fourth-order valence-electron chi connectivity index (χ4n) is 2.48. The number of hydrogen-bond donors (Lipinski definition) is 1. The predicted octanol–water partition coefficient (Wildman–Crippen LogP) is 2.28.